The summed E-state index contributed by atoms with van der Waals surface area (Å²) < 4.78 is 2.27. The van der Waals surface area contributed by atoms with Crippen molar-refractivity contribution in [2.75, 3.05) is 0 Å². The maximum absolute atomic E-state index is 4.28. The molecule has 0 aliphatic heterocycles. The van der Waals surface area contributed by atoms with Crippen LogP contribution in [0.5, 0.6) is 0 Å². The molecule has 1 unspecified atom stereocenters. The first-order valence-corrected chi connectivity index (χ1v) is 7.36. The maximum atomic E-state index is 4.28. The SMILES string of the molecule is CC(C)NCc1cncn1C(C)Cc1ccsc1. The van der Waals surface area contributed by atoms with E-state index in [1.807, 2.05) is 12.5 Å². The first kappa shape index (κ1) is 13.3. The highest BCUT2D eigenvalue weighted by Crippen LogP contribution is 2.18. The predicted molar refractivity (Wildman–Crippen MR) is 76.9 cm³/mol. The minimum Gasteiger partial charge on any atom is -0.330 e. The van der Waals surface area contributed by atoms with Crippen molar-refractivity contribution in [2.24, 2.45) is 0 Å². The fourth-order valence-corrected chi connectivity index (χ4v) is 2.70. The number of nitrogens with one attached hydrogen (secondary N) is 1. The molecule has 0 aliphatic rings. The van der Waals surface area contributed by atoms with E-state index < -0.39 is 0 Å². The number of nitrogens with zero attached hydrogens (tertiary/aromatic N) is 2. The van der Waals surface area contributed by atoms with Crippen LogP contribution in [0.3, 0.4) is 0 Å². The third kappa shape index (κ3) is 3.43. The second-order valence-corrected chi connectivity index (χ2v) is 5.79. The van der Waals surface area contributed by atoms with Gasteiger partial charge in [0.2, 0.25) is 0 Å². The maximum Gasteiger partial charge on any atom is 0.0951 e. The first-order chi connectivity index (χ1) is 8.66. The Morgan fingerprint density at radius 1 is 1.39 bits per heavy atom. The fraction of sp³-hybridized carbons (Fsp3) is 0.500. The van der Waals surface area contributed by atoms with E-state index in [9.17, 15) is 0 Å². The summed E-state index contributed by atoms with van der Waals surface area (Å²) in [6.45, 7) is 7.45. The predicted octanol–water partition coefficient (Wildman–Crippen LogP) is 3.25. The number of hydrogen-bond acceptors (Lipinski definition) is 3. The van der Waals surface area contributed by atoms with Crippen LogP contribution in [0, 0.1) is 0 Å². The Hall–Kier alpha value is -1.13. The lowest BCUT2D eigenvalue weighted by Crippen LogP contribution is -2.24. The molecule has 0 radical (unpaired) electrons. The molecule has 1 N–H and O–H groups in total. The molecule has 1 atom stereocenters. The highest BCUT2D eigenvalue weighted by Gasteiger charge is 2.10. The van der Waals surface area contributed by atoms with E-state index in [1.165, 1.54) is 11.3 Å². The van der Waals surface area contributed by atoms with Crippen molar-refractivity contribution >= 4 is 11.3 Å². The lowest BCUT2D eigenvalue weighted by Gasteiger charge is -2.17. The summed E-state index contributed by atoms with van der Waals surface area (Å²) in [6.07, 6.45) is 4.96. The van der Waals surface area contributed by atoms with E-state index in [0.29, 0.717) is 12.1 Å². The van der Waals surface area contributed by atoms with Gasteiger partial charge in [-0.3, -0.25) is 0 Å². The van der Waals surface area contributed by atoms with Crippen molar-refractivity contribution in [2.45, 2.75) is 45.8 Å². The van der Waals surface area contributed by atoms with E-state index in [0.717, 1.165) is 13.0 Å². The van der Waals surface area contributed by atoms with Gasteiger partial charge in [-0.15, -0.1) is 0 Å². The van der Waals surface area contributed by atoms with Crippen LogP contribution < -0.4 is 5.32 Å². The zero-order valence-corrected chi connectivity index (χ0v) is 12.1. The van der Waals surface area contributed by atoms with Crippen LogP contribution >= 0.6 is 11.3 Å². The molecule has 0 amide bonds. The molecule has 2 heterocycles. The smallest absolute Gasteiger partial charge is 0.0951 e. The minimum atomic E-state index is 0.450. The molecule has 0 bridgehead atoms. The molecule has 2 aromatic rings. The summed E-state index contributed by atoms with van der Waals surface area (Å²) in [5.41, 5.74) is 2.66. The number of thiophene rings is 1. The average molecular weight is 263 g/mol. The molecule has 3 nitrogen and oxygen atoms in total. The van der Waals surface area contributed by atoms with Crippen LogP contribution in [0.2, 0.25) is 0 Å². The summed E-state index contributed by atoms with van der Waals surface area (Å²) in [4.78, 5) is 4.28. The van der Waals surface area contributed by atoms with Gasteiger partial charge < -0.3 is 9.88 Å². The fourth-order valence-electron chi connectivity index (χ4n) is 2.02. The summed E-state index contributed by atoms with van der Waals surface area (Å²) in [5, 5.41) is 7.80. The van der Waals surface area contributed by atoms with Crippen LogP contribution in [-0.2, 0) is 13.0 Å². The van der Waals surface area contributed by atoms with Crippen molar-refractivity contribution in [1.29, 1.82) is 0 Å². The van der Waals surface area contributed by atoms with Gasteiger partial charge in [0.25, 0.3) is 0 Å². The summed E-state index contributed by atoms with van der Waals surface area (Å²) in [7, 11) is 0. The monoisotopic (exact) mass is 263 g/mol. The van der Waals surface area contributed by atoms with Gasteiger partial charge in [0, 0.05) is 24.8 Å². The number of hydrogen-bond donors (Lipinski definition) is 1. The third-order valence-corrected chi connectivity index (χ3v) is 3.76. The van der Waals surface area contributed by atoms with Gasteiger partial charge in [-0.25, -0.2) is 4.98 Å². The van der Waals surface area contributed by atoms with E-state index in [1.54, 1.807) is 11.3 Å². The van der Waals surface area contributed by atoms with Crippen molar-refractivity contribution in [3.8, 4) is 0 Å². The first-order valence-electron chi connectivity index (χ1n) is 6.42. The van der Waals surface area contributed by atoms with Crippen LogP contribution in [0.25, 0.3) is 0 Å². The van der Waals surface area contributed by atoms with E-state index >= 15 is 0 Å². The van der Waals surface area contributed by atoms with E-state index in [4.69, 9.17) is 0 Å². The Kier molecular flexibility index (Phi) is 4.55. The Bertz CT molecular complexity index is 459. The molecule has 18 heavy (non-hydrogen) atoms. The van der Waals surface area contributed by atoms with Gasteiger partial charge in [-0.1, -0.05) is 13.8 Å². The van der Waals surface area contributed by atoms with Gasteiger partial charge in [0.1, 0.15) is 0 Å². The molecule has 0 aromatic carbocycles. The van der Waals surface area contributed by atoms with Gasteiger partial charge in [0.15, 0.2) is 0 Å². The molecule has 2 rings (SSSR count). The van der Waals surface area contributed by atoms with E-state index in [2.05, 4.69) is 52.5 Å². The largest absolute Gasteiger partial charge is 0.330 e. The van der Waals surface area contributed by atoms with Crippen molar-refractivity contribution < 1.29 is 0 Å². The zero-order chi connectivity index (χ0) is 13.0. The molecule has 2 aromatic heterocycles. The molecule has 0 aliphatic carbocycles. The zero-order valence-electron chi connectivity index (χ0n) is 11.3. The second-order valence-electron chi connectivity index (χ2n) is 5.01. The van der Waals surface area contributed by atoms with E-state index in [-0.39, 0.29) is 0 Å². The topological polar surface area (TPSA) is 29.9 Å². The molecular weight excluding hydrogens is 242 g/mol. The van der Waals surface area contributed by atoms with Gasteiger partial charge >= 0.3 is 0 Å². The number of imidazole rings is 1. The Morgan fingerprint density at radius 2 is 2.22 bits per heavy atom. The lowest BCUT2D eigenvalue weighted by molar-refractivity contribution is 0.498. The Labute approximate surface area is 113 Å². The molecule has 98 valence electrons. The van der Waals surface area contributed by atoms with Crippen molar-refractivity contribution in [3.05, 3.63) is 40.6 Å². The Morgan fingerprint density at radius 3 is 2.89 bits per heavy atom. The van der Waals surface area contributed by atoms with Gasteiger partial charge in [-0.05, 0) is 35.7 Å². The van der Waals surface area contributed by atoms with Crippen molar-refractivity contribution in [3.63, 3.8) is 0 Å². The minimum absolute atomic E-state index is 0.450. The molecular formula is C14H21N3S. The number of rotatable bonds is 6. The standard InChI is InChI=1S/C14H21N3S/c1-11(2)16-8-14-7-15-10-17(14)12(3)6-13-4-5-18-9-13/h4-5,7,9-12,16H,6,8H2,1-3H3. The average Bonchev–Trinajstić information content (AvgIpc) is 2.96. The lowest BCUT2D eigenvalue weighted by atomic mass is 10.1. The van der Waals surface area contributed by atoms with Crippen LogP contribution in [0.15, 0.2) is 29.4 Å². The molecule has 0 spiro atoms. The number of aromatic nitrogens is 2. The summed E-state index contributed by atoms with van der Waals surface area (Å²) in [6, 6.07) is 3.15. The summed E-state index contributed by atoms with van der Waals surface area (Å²) >= 11 is 1.76. The second kappa shape index (κ2) is 6.16. The van der Waals surface area contributed by atoms with Crippen LogP contribution in [0.1, 0.15) is 38.1 Å². The van der Waals surface area contributed by atoms with Crippen LogP contribution in [-0.4, -0.2) is 15.6 Å². The normalized spacial score (nSPS) is 13.1. The molecule has 0 saturated carbocycles. The molecule has 0 saturated heterocycles. The van der Waals surface area contributed by atoms with Gasteiger partial charge in [0.05, 0.1) is 12.0 Å². The third-order valence-electron chi connectivity index (χ3n) is 3.02. The summed E-state index contributed by atoms with van der Waals surface area (Å²) in [5.74, 6) is 0. The van der Waals surface area contributed by atoms with Gasteiger partial charge in [-0.2, -0.15) is 11.3 Å². The van der Waals surface area contributed by atoms with Crippen LogP contribution in [0.4, 0.5) is 0 Å². The molecule has 0 fully saturated rings. The Balaban J connectivity index is 2.01. The molecule has 4 heteroatoms. The quantitative estimate of drug-likeness (QED) is 0.867. The highest BCUT2D eigenvalue weighted by atomic mass is 32.1. The van der Waals surface area contributed by atoms with Crippen molar-refractivity contribution in [1.82, 2.24) is 14.9 Å². The highest BCUT2D eigenvalue weighted by molar-refractivity contribution is 7.07.